The number of nitrogens with zero attached hydrogens (tertiary/aromatic N) is 2. The van der Waals surface area contributed by atoms with E-state index in [9.17, 15) is 4.79 Å². The molecular formula is C12H22N4O. The van der Waals surface area contributed by atoms with Crippen molar-refractivity contribution >= 4 is 11.9 Å². The molecule has 0 radical (unpaired) electrons. The van der Waals surface area contributed by atoms with Crippen LogP contribution < -0.4 is 5.32 Å². The molecule has 2 amide bonds. The van der Waals surface area contributed by atoms with E-state index in [-0.39, 0.29) is 11.6 Å². The monoisotopic (exact) mass is 238 g/mol. The van der Waals surface area contributed by atoms with Crippen LogP contribution in [0.4, 0.5) is 4.79 Å². The molecule has 5 heteroatoms. The highest BCUT2D eigenvalue weighted by atomic mass is 16.2. The summed E-state index contributed by atoms with van der Waals surface area (Å²) in [6, 6.07) is -0.0950. The molecule has 0 aromatic carbocycles. The third-order valence-electron chi connectivity index (χ3n) is 4.13. The van der Waals surface area contributed by atoms with Crippen LogP contribution >= 0.6 is 0 Å². The highest BCUT2D eigenvalue weighted by molar-refractivity contribution is 6.08. The van der Waals surface area contributed by atoms with Crippen LogP contribution in [0, 0.1) is 5.41 Å². The molecule has 17 heavy (non-hydrogen) atoms. The summed E-state index contributed by atoms with van der Waals surface area (Å²) in [4.78, 5) is 16.1. The molecule has 96 valence electrons. The predicted molar refractivity (Wildman–Crippen MR) is 67.3 cm³/mol. The number of carbonyl (C=O) groups is 1. The lowest BCUT2D eigenvalue weighted by molar-refractivity contribution is 0.166. The summed E-state index contributed by atoms with van der Waals surface area (Å²) in [6.07, 6.45) is 2.85. The molecule has 1 atom stereocenters. The molecule has 5 nitrogen and oxygen atoms in total. The Kier molecular flexibility index (Phi) is 3.38. The van der Waals surface area contributed by atoms with Gasteiger partial charge in [-0.3, -0.25) is 10.7 Å². The molecule has 0 aromatic rings. The zero-order chi connectivity index (χ0) is 12.5. The number of carbonyl (C=O) groups excluding carboxylic acids is 1. The maximum Gasteiger partial charge on any atom is 0.323 e. The van der Waals surface area contributed by atoms with E-state index in [1.807, 2.05) is 11.8 Å². The quantitative estimate of drug-likeness (QED) is 0.760. The third kappa shape index (κ3) is 1.92. The van der Waals surface area contributed by atoms with Crippen molar-refractivity contribution in [2.45, 2.75) is 38.6 Å². The molecule has 1 unspecified atom stereocenters. The Morgan fingerprint density at radius 3 is 2.71 bits per heavy atom. The van der Waals surface area contributed by atoms with Crippen molar-refractivity contribution in [2.24, 2.45) is 0 Å². The van der Waals surface area contributed by atoms with E-state index in [0.29, 0.717) is 12.4 Å². The fraction of sp³-hybridized carbons (Fsp3) is 0.833. The van der Waals surface area contributed by atoms with Crippen molar-refractivity contribution in [1.29, 1.82) is 5.41 Å². The van der Waals surface area contributed by atoms with Crippen molar-refractivity contribution < 1.29 is 4.79 Å². The number of nitrogens with one attached hydrogen (secondary N) is 2. The van der Waals surface area contributed by atoms with E-state index in [2.05, 4.69) is 17.1 Å². The minimum absolute atomic E-state index is 0.0950. The van der Waals surface area contributed by atoms with Crippen molar-refractivity contribution in [3.05, 3.63) is 0 Å². The number of hydrogen-bond acceptors (Lipinski definition) is 3. The Balaban J connectivity index is 2.21. The number of amides is 2. The van der Waals surface area contributed by atoms with Crippen LogP contribution in [-0.4, -0.2) is 53.4 Å². The van der Waals surface area contributed by atoms with Crippen LogP contribution in [0.2, 0.25) is 0 Å². The Bertz CT molecular complexity index is 330. The summed E-state index contributed by atoms with van der Waals surface area (Å²) in [6.45, 7) is 7.94. The zero-order valence-electron chi connectivity index (χ0n) is 10.8. The lowest BCUT2D eigenvalue weighted by atomic mass is 9.88. The summed E-state index contributed by atoms with van der Waals surface area (Å²) >= 11 is 0. The molecule has 0 aliphatic carbocycles. The maximum absolute atomic E-state index is 11.8. The van der Waals surface area contributed by atoms with Crippen LogP contribution in [0.25, 0.3) is 0 Å². The molecule has 2 heterocycles. The second-order valence-electron chi connectivity index (χ2n) is 4.87. The highest BCUT2D eigenvalue weighted by Crippen LogP contribution is 2.33. The van der Waals surface area contributed by atoms with Gasteiger partial charge in [0.15, 0.2) is 0 Å². The summed E-state index contributed by atoms with van der Waals surface area (Å²) in [5, 5.41) is 10.8. The smallest absolute Gasteiger partial charge is 0.312 e. The average Bonchev–Trinajstić information content (AvgIpc) is 2.48. The van der Waals surface area contributed by atoms with Gasteiger partial charge in [-0.15, -0.1) is 0 Å². The topological polar surface area (TPSA) is 59.4 Å². The second kappa shape index (κ2) is 4.64. The summed E-state index contributed by atoms with van der Waals surface area (Å²) in [5.41, 5.74) is -0.351. The molecule has 0 saturated carbocycles. The van der Waals surface area contributed by atoms with Gasteiger partial charge in [0.05, 0.1) is 0 Å². The number of amidine groups is 1. The minimum Gasteiger partial charge on any atom is -0.312 e. The summed E-state index contributed by atoms with van der Waals surface area (Å²) in [5.74, 6) is 0.405. The molecule has 2 aliphatic rings. The molecule has 0 aromatic heterocycles. The summed E-state index contributed by atoms with van der Waals surface area (Å²) < 4.78 is 0. The van der Waals surface area contributed by atoms with Crippen molar-refractivity contribution in [2.75, 3.05) is 26.2 Å². The van der Waals surface area contributed by atoms with E-state index in [1.54, 1.807) is 0 Å². The van der Waals surface area contributed by atoms with Crippen molar-refractivity contribution in [1.82, 2.24) is 15.1 Å². The number of rotatable bonds is 2. The van der Waals surface area contributed by atoms with Gasteiger partial charge in [-0.25, -0.2) is 4.79 Å². The van der Waals surface area contributed by atoms with E-state index >= 15 is 0 Å². The first-order valence-electron chi connectivity index (χ1n) is 6.54. The molecule has 2 rings (SSSR count). The van der Waals surface area contributed by atoms with Gasteiger partial charge in [-0.2, -0.15) is 0 Å². The van der Waals surface area contributed by atoms with Gasteiger partial charge >= 0.3 is 6.03 Å². The molecule has 2 aliphatic heterocycles. The van der Waals surface area contributed by atoms with Gasteiger partial charge in [0, 0.05) is 13.1 Å². The van der Waals surface area contributed by atoms with Crippen LogP contribution in [0.15, 0.2) is 0 Å². The molecule has 0 bridgehead atoms. The number of likely N-dealkylation sites (tertiary alicyclic amines) is 1. The van der Waals surface area contributed by atoms with Crippen LogP contribution in [0.1, 0.15) is 33.1 Å². The average molecular weight is 238 g/mol. The van der Waals surface area contributed by atoms with Gasteiger partial charge in [-0.05, 0) is 39.3 Å². The fourth-order valence-corrected chi connectivity index (χ4v) is 3.08. The van der Waals surface area contributed by atoms with Crippen molar-refractivity contribution in [3.63, 3.8) is 0 Å². The van der Waals surface area contributed by atoms with Gasteiger partial charge in [0.2, 0.25) is 0 Å². The first-order valence-corrected chi connectivity index (χ1v) is 6.54. The van der Waals surface area contributed by atoms with Gasteiger partial charge in [0.25, 0.3) is 0 Å². The lowest BCUT2D eigenvalue weighted by Crippen LogP contribution is -2.49. The first kappa shape index (κ1) is 12.4. The van der Waals surface area contributed by atoms with Crippen LogP contribution in [0.5, 0.6) is 0 Å². The van der Waals surface area contributed by atoms with E-state index in [4.69, 9.17) is 5.41 Å². The normalized spacial score (nSPS) is 30.8. The molecular weight excluding hydrogens is 216 g/mol. The first-order chi connectivity index (χ1) is 8.14. The lowest BCUT2D eigenvalue weighted by Gasteiger charge is -2.35. The standard InChI is InChI=1S/C12H22N4O/c1-3-15-8-5-6-12(7-9-15)10(13)14-11(17)16(12)4-2/h3-9H2,1-2H3,(H2,13,14,17). The van der Waals surface area contributed by atoms with Crippen LogP contribution in [-0.2, 0) is 0 Å². The number of hydrogen-bond donors (Lipinski definition) is 2. The Labute approximate surface area is 103 Å². The van der Waals surface area contributed by atoms with E-state index < -0.39 is 0 Å². The third-order valence-corrected chi connectivity index (χ3v) is 4.13. The van der Waals surface area contributed by atoms with Gasteiger partial charge in [0.1, 0.15) is 11.4 Å². The number of likely N-dealkylation sites (N-methyl/N-ethyl adjacent to an activating group) is 1. The summed E-state index contributed by atoms with van der Waals surface area (Å²) in [7, 11) is 0. The second-order valence-corrected chi connectivity index (χ2v) is 4.87. The van der Waals surface area contributed by atoms with Crippen LogP contribution in [0.3, 0.4) is 0 Å². The molecule has 1 spiro atoms. The Morgan fingerprint density at radius 1 is 1.29 bits per heavy atom. The van der Waals surface area contributed by atoms with E-state index in [1.165, 1.54) is 0 Å². The molecule has 2 fully saturated rings. The van der Waals surface area contributed by atoms with Gasteiger partial charge < -0.3 is 9.80 Å². The SMILES string of the molecule is CCN1CCCC2(CC1)C(=N)NC(=O)N2CC. The Hall–Kier alpha value is -1.10. The zero-order valence-corrected chi connectivity index (χ0v) is 10.8. The minimum atomic E-state index is -0.351. The largest absolute Gasteiger partial charge is 0.323 e. The van der Waals surface area contributed by atoms with Crippen molar-refractivity contribution in [3.8, 4) is 0 Å². The Morgan fingerprint density at radius 2 is 2.06 bits per heavy atom. The van der Waals surface area contributed by atoms with E-state index in [0.717, 1.165) is 38.9 Å². The maximum atomic E-state index is 11.8. The predicted octanol–water partition coefficient (Wildman–Crippen LogP) is 1.25. The van der Waals surface area contributed by atoms with Gasteiger partial charge in [-0.1, -0.05) is 6.92 Å². The molecule has 2 saturated heterocycles. The highest BCUT2D eigenvalue weighted by Gasteiger charge is 2.49. The molecule has 2 N–H and O–H groups in total. The fourth-order valence-electron chi connectivity index (χ4n) is 3.08. The number of urea groups is 1.